The van der Waals surface area contributed by atoms with Gasteiger partial charge in [-0.25, -0.2) is 4.98 Å². The van der Waals surface area contributed by atoms with Crippen molar-refractivity contribution in [3.05, 3.63) is 52.6 Å². The highest BCUT2D eigenvalue weighted by Crippen LogP contribution is 2.33. The maximum absolute atomic E-state index is 11.9. The van der Waals surface area contributed by atoms with E-state index in [4.69, 9.17) is 11.2 Å². The summed E-state index contributed by atoms with van der Waals surface area (Å²) in [5.41, 5.74) is 1.78. The Morgan fingerprint density at radius 3 is 2.89 bits per heavy atom. The van der Waals surface area contributed by atoms with Gasteiger partial charge < -0.3 is 10.1 Å². The number of nitrogens with zero attached hydrogens (tertiary/aromatic N) is 3. The van der Waals surface area contributed by atoms with E-state index in [1.54, 1.807) is 19.2 Å². The van der Waals surface area contributed by atoms with Crippen LogP contribution in [0.1, 0.15) is 0 Å². The lowest BCUT2D eigenvalue weighted by Gasteiger charge is -2.12. The lowest BCUT2D eigenvalue weighted by atomic mass is 10.2. The van der Waals surface area contributed by atoms with Gasteiger partial charge in [0.1, 0.15) is 5.75 Å². The first kappa shape index (κ1) is 19.3. The average molecular weight is 396 g/mol. The maximum atomic E-state index is 11.9. The molecule has 0 saturated carbocycles. The Kier molecular flexibility index (Phi) is 5.81. The Balaban J connectivity index is 2.09. The molecule has 0 fully saturated rings. The van der Waals surface area contributed by atoms with E-state index in [9.17, 15) is 14.9 Å². The number of fused-ring (bicyclic) bond motifs is 1. The minimum Gasteiger partial charge on any atom is -0.495 e. The average Bonchev–Trinajstić information content (AvgIpc) is 3.07. The molecule has 3 aromatic rings. The number of imidazole rings is 1. The molecule has 1 heterocycles. The number of thioether (sulfide) groups is 1. The maximum Gasteiger partial charge on any atom is 0.271 e. The summed E-state index contributed by atoms with van der Waals surface area (Å²) in [6.07, 6.45) is 5.15. The minimum atomic E-state index is -0.471. The molecule has 0 bridgehead atoms. The highest BCUT2D eigenvalue weighted by molar-refractivity contribution is 7.99. The van der Waals surface area contributed by atoms with Crippen LogP contribution < -0.4 is 10.1 Å². The molecule has 0 atom stereocenters. The van der Waals surface area contributed by atoms with Crippen LogP contribution in [0, 0.1) is 22.5 Å². The van der Waals surface area contributed by atoms with Gasteiger partial charge in [-0.3, -0.25) is 19.5 Å². The van der Waals surface area contributed by atoms with Gasteiger partial charge in [-0.1, -0.05) is 29.8 Å². The summed E-state index contributed by atoms with van der Waals surface area (Å²) in [6.45, 7) is 0.147. The van der Waals surface area contributed by atoms with Crippen LogP contribution >= 0.6 is 11.8 Å². The van der Waals surface area contributed by atoms with Gasteiger partial charge >= 0.3 is 0 Å². The first-order valence-electron chi connectivity index (χ1n) is 8.18. The van der Waals surface area contributed by atoms with Crippen molar-refractivity contribution in [2.24, 2.45) is 0 Å². The zero-order valence-electron chi connectivity index (χ0n) is 14.9. The molecule has 0 saturated heterocycles. The Bertz CT molecular complexity index is 1090. The number of ether oxygens (including phenoxy) is 1. The van der Waals surface area contributed by atoms with Crippen molar-refractivity contribution in [2.45, 2.75) is 5.16 Å². The number of hydrogen-bond acceptors (Lipinski definition) is 6. The SMILES string of the molecule is C#CCNC(=O)CSc1nc2cc([N+](=O)[O-])ccc2n1-c1ccccc1OC. The van der Waals surface area contributed by atoms with Crippen LogP contribution in [0.4, 0.5) is 5.69 Å². The lowest BCUT2D eigenvalue weighted by Crippen LogP contribution is -2.25. The first-order chi connectivity index (χ1) is 13.5. The van der Waals surface area contributed by atoms with E-state index in [-0.39, 0.29) is 23.9 Å². The molecule has 0 aliphatic rings. The molecule has 1 N–H and O–H groups in total. The number of carbonyl (C=O) groups is 1. The predicted molar refractivity (Wildman–Crippen MR) is 107 cm³/mol. The predicted octanol–water partition coefficient (Wildman–Crippen LogP) is 2.78. The van der Waals surface area contributed by atoms with Crippen LogP contribution in [0.25, 0.3) is 16.7 Å². The molecular formula is C19H16N4O4S. The van der Waals surface area contributed by atoms with E-state index >= 15 is 0 Å². The molecule has 1 amide bonds. The van der Waals surface area contributed by atoms with Crippen molar-refractivity contribution in [1.82, 2.24) is 14.9 Å². The number of rotatable bonds is 7. The van der Waals surface area contributed by atoms with E-state index in [0.29, 0.717) is 27.6 Å². The van der Waals surface area contributed by atoms with Gasteiger partial charge in [0.25, 0.3) is 5.69 Å². The molecule has 2 aromatic carbocycles. The molecule has 0 radical (unpaired) electrons. The standard InChI is InChI=1S/C19H16N4O4S/c1-3-10-20-18(24)12-28-19-21-14-11-13(23(25)26)8-9-15(14)22(19)16-6-4-5-7-17(16)27-2/h1,4-9,11H,10,12H2,2H3,(H,20,24). The number of nitro groups is 1. The molecule has 0 spiro atoms. The van der Waals surface area contributed by atoms with Gasteiger partial charge in [0.2, 0.25) is 5.91 Å². The van der Waals surface area contributed by atoms with Crippen LogP contribution in [0.5, 0.6) is 5.75 Å². The number of nitro benzene ring substituents is 1. The number of benzene rings is 2. The molecule has 0 aliphatic carbocycles. The van der Waals surface area contributed by atoms with Crippen molar-refractivity contribution < 1.29 is 14.5 Å². The highest BCUT2D eigenvalue weighted by atomic mass is 32.2. The molecule has 9 heteroatoms. The second kappa shape index (κ2) is 8.45. The Morgan fingerprint density at radius 2 is 2.18 bits per heavy atom. The number of aromatic nitrogens is 2. The third kappa shape index (κ3) is 3.92. The van der Waals surface area contributed by atoms with E-state index < -0.39 is 4.92 Å². The summed E-state index contributed by atoms with van der Waals surface area (Å²) in [5.74, 6) is 2.83. The zero-order valence-corrected chi connectivity index (χ0v) is 15.7. The van der Waals surface area contributed by atoms with Gasteiger partial charge in [0, 0.05) is 12.1 Å². The van der Waals surface area contributed by atoms with E-state index in [1.165, 1.54) is 23.9 Å². The fourth-order valence-corrected chi connectivity index (χ4v) is 3.49. The number of nitrogens with one attached hydrogen (secondary N) is 1. The number of methoxy groups -OCH3 is 1. The van der Waals surface area contributed by atoms with Gasteiger partial charge in [-0.2, -0.15) is 0 Å². The number of non-ortho nitro benzene ring substituents is 1. The van der Waals surface area contributed by atoms with E-state index in [2.05, 4.69) is 16.2 Å². The fraction of sp³-hybridized carbons (Fsp3) is 0.158. The number of terminal acetylenes is 1. The third-order valence-corrected chi connectivity index (χ3v) is 4.80. The molecule has 142 valence electrons. The molecule has 28 heavy (non-hydrogen) atoms. The number of amides is 1. The molecule has 1 aromatic heterocycles. The fourth-order valence-electron chi connectivity index (χ4n) is 2.63. The van der Waals surface area contributed by atoms with Gasteiger partial charge in [-0.15, -0.1) is 6.42 Å². The summed E-state index contributed by atoms with van der Waals surface area (Å²) in [5, 5.41) is 14.2. The minimum absolute atomic E-state index is 0.0551. The van der Waals surface area contributed by atoms with Crippen molar-refractivity contribution >= 4 is 34.4 Å². The zero-order chi connectivity index (χ0) is 20.1. The Morgan fingerprint density at radius 1 is 1.39 bits per heavy atom. The second-order valence-corrected chi connectivity index (χ2v) is 6.54. The van der Waals surface area contributed by atoms with Crippen LogP contribution in [0.3, 0.4) is 0 Å². The van der Waals surface area contributed by atoms with Crippen molar-refractivity contribution in [1.29, 1.82) is 0 Å². The smallest absolute Gasteiger partial charge is 0.271 e. The summed E-state index contributed by atoms with van der Waals surface area (Å²) in [7, 11) is 1.56. The monoisotopic (exact) mass is 396 g/mol. The topological polar surface area (TPSA) is 99.3 Å². The number of para-hydroxylation sites is 2. The molecule has 8 nitrogen and oxygen atoms in total. The Hall–Kier alpha value is -3.51. The normalized spacial score (nSPS) is 10.4. The third-order valence-electron chi connectivity index (χ3n) is 3.86. The van der Waals surface area contributed by atoms with Gasteiger partial charge in [0.15, 0.2) is 5.16 Å². The molecule has 3 rings (SSSR count). The first-order valence-corrected chi connectivity index (χ1v) is 9.17. The summed E-state index contributed by atoms with van der Waals surface area (Å²) in [4.78, 5) is 27.1. The van der Waals surface area contributed by atoms with Crippen molar-refractivity contribution in [3.63, 3.8) is 0 Å². The molecule has 0 unspecified atom stereocenters. The van der Waals surface area contributed by atoms with Crippen LogP contribution in [0.2, 0.25) is 0 Å². The summed E-state index contributed by atoms with van der Waals surface area (Å²) < 4.78 is 7.26. The number of carbonyl (C=O) groups excluding carboxylic acids is 1. The Labute approximate surface area is 165 Å². The second-order valence-electron chi connectivity index (χ2n) is 5.60. The van der Waals surface area contributed by atoms with Crippen LogP contribution in [-0.2, 0) is 4.79 Å². The summed E-state index contributed by atoms with van der Waals surface area (Å²) >= 11 is 1.21. The quantitative estimate of drug-likeness (QED) is 0.285. The number of hydrogen-bond donors (Lipinski definition) is 1. The molecular weight excluding hydrogens is 380 g/mol. The molecule has 0 aliphatic heterocycles. The van der Waals surface area contributed by atoms with Crippen LogP contribution in [-0.4, -0.2) is 39.8 Å². The van der Waals surface area contributed by atoms with Crippen molar-refractivity contribution in [2.75, 3.05) is 19.4 Å². The van der Waals surface area contributed by atoms with Crippen molar-refractivity contribution in [3.8, 4) is 23.8 Å². The van der Waals surface area contributed by atoms with Gasteiger partial charge in [-0.05, 0) is 18.2 Å². The van der Waals surface area contributed by atoms with Crippen LogP contribution in [0.15, 0.2) is 47.6 Å². The van der Waals surface area contributed by atoms with E-state index in [0.717, 1.165) is 0 Å². The summed E-state index contributed by atoms with van der Waals surface area (Å²) in [6, 6.07) is 11.8. The highest BCUT2D eigenvalue weighted by Gasteiger charge is 2.19. The lowest BCUT2D eigenvalue weighted by molar-refractivity contribution is -0.384. The van der Waals surface area contributed by atoms with Gasteiger partial charge in [0.05, 0.1) is 41.1 Å². The van der Waals surface area contributed by atoms with E-state index in [1.807, 2.05) is 22.8 Å². The largest absolute Gasteiger partial charge is 0.495 e.